The second-order valence-electron chi connectivity index (χ2n) is 6.56. The van der Waals surface area contributed by atoms with Gasteiger partial charge in [-0.05, 0) is 68.3 Å². The molecule has 0 spiro atoms. The summed E-state index contributed by atoms with van der Waals surface area (Å²) in [5.74, 6) is -1.07. The number of hydrogen-bond acceptors (Lipinski definition) is 4. The van der Waals surface area contributed by atoms with E-state index in [0.29, 0.717) is 5.69 Å². The van der Waals surface area contributed by atoms with Crippen LogP contribution in [0.5, 0.6) is 5.75 Å². The summed E-state index contributed by atoms with van der Waals surface area (Å²) in [5.41, 5.74) is 2.38. The van der Waals surface area contributed by atoms with Gasteiger partial charge in [-0.15, -0.1) is 13.2 Å². The van der Waals surface area contributed by atoms with Crippen molar-refractivity contribution in [2.24, 2.45) is 0 Å². The van der Waals surface area contributed by atoms with Crippen molar-refractivity contribution in [3.8, 4) is 5.75 Å². The van der Waals surface area contributed by atoms with Gasteiger partial charge < -0.3 is 10.1 Å². The van der Waals surface area contributed by atoms with Crippen LogP contribution in [0, 0.1) is 13.8 Å². The maximum atomic E-state index is 12.6. The van der Waals surface area contributed by atoms with Crippen LogP contribution in [0.2, 0.25) is 0 Å². The lowest BCUT2D eigenvalue weighted by Crippen LogP contribution is -2.45. The van der Waals surface area contributed by atoms with Gasteiger partial charge in [0.2, 0.25) is 15.9 Å². The van der Waals surface area contributed by atoms with Crippen LogP contribution in [0.15, 0.2) is 42.5 Å². The zero-order valence-electron chi connectivity index (χ0n) is 16.2. The van der Waals surface area contributed by atoms with Crippen molar-refractivity contribution in [2.75, 3.05) is 15.9 Å². The first kappa shape index (κ1) is 22.5. The summed E-state index contributed by atoms with van der Waals surface area (Å²) in [6.45, 7) is 5.13. The van der Waals surface area contributed by atoms with Gasteiger partial charge in [-0.25, -0.2) is 8.42 Å². The number of alkyl halides is 3. The van der Waals surface area contributed by atoms with E-state index in [2.05, 4.69) is 10.1 Å². The summed E-state index contributed by atoms with van der Waals surface area (Å²) in [7, 11) is -3.78. The van der Waals surface area contributed by atoms with E-state index < -0.39 is 34.1 Å². The maximum Gasteiger partial charge on any atom is 0.573 e. The molecule has 0 fully saturated rings. The molecule has 0 saturated heterocycles. The smallest absolute Gasteiger partial charge is 0.406 e. The molecule has 2 rings (SSSR count). The van der Waals surface area contributed by atoms with Gasteiger partial charge in [-0.1, -0.05) is 6.07 Å². The third-order valence-corrected chi connectivity index (χ3v) is 5.43. The summed E-state index contributed by atoms with van der Waals surface area (Å²) in [4.78, 5) is 12.6. The lowest BCUT2D eigenvalue weighted by Gasteiger charge is -2.28. The van der Waals surface area contributed by atoms with Gasteiger partial charge in [0.15, 0.2) is 0 Å². The predicted molar refractivity (Wildman–Crippen MR) is 104 cm³/mol. The minimum atomic E-state index is -4.82. The van der Waals surface area contributed by atoms with Crippen LogP contribution in [-0.4, -0.2) is 33.0 Å². The Morgan fingerprint density at radius 3 is 2.14 bits per heavy atom. The van der Waals surface area contributed by atoms with Gasteiger partial charge in [0.25, 0.3) is 0 Å². The maximum absolute atomic E-state index is 12.6. The number of aryl methyl sites for hydroxylation is 2. The second-order valence-corrected chi connectivity index (χ2v) is 8.42. The van der Waals surface area contributed by atoms with E-state index in [0.717, 1.165) is 33.8 Å². The molecule has 1 N–H and O–H groups in total. The number of amides is 1. The first-order valence-electron chi connectivity index (χ1n) is 8.51. The molecule has 2 aromatic carbocycles. The highest BCUT2D eigenvalue weighted by atomic mass is 32.2. The van der Waals surface area contributed by atoms with Gasteiger partial charge in [0.1, 0.15) is 11.8 Å². The molecular weight excluding hydrogens is 409 g/mol. The van der Waals surface area contributed by atoms with Crippen LogP contribution in [0.25, 0.3) is 0 Å². The molecule has 29 heavy (non-hydrogen) atoms. The fourth-order valence-corrected chi connectivity index (χ4v) is 3.82. The third-order valence-electron chi connectivity index (χ3n) is 4.19. The minimum Gasteiger partial charge on any atom is -0.406 e. The van der Waals surface area contributed by atoms with Gasteiger partial charge in [-0.3, -0.25) is 9.10 Å². The van der Waals surface area contributed by atoms with Crippen LogP contribution in [0.1, 0.15) is 18.1 Å². The fourth-order valence-electron chi connectivity index (χ4n) is 2.66. The third kappa shape index (κ3) is 6.11. The van der Waals surface area contributed by atoms with E-state index in [-0.39, 0.29) is 5.69 Å². The van der Waals surface area contributed by atoms with Crippen molar-refractivity contribution in [1.29, 1.82) is 0 Å². The number of ether oxygens (including phenoxy) is 1. The fraction of sp³-hybridized carbons (Fsp3) is 0.316. The quantitative estimate of drug-likeness (QED) is 0.752. The van der Waals surface area contributed by atoms with E-state index in [4.69, 9.17) is 0 Å². The van der Waals surface area contributed by atoms with E-state index >= 15 is 0 Å². The monoisotopic (exact) mass is 430 g/mol. The molecule has 0 radical (unpaired) electrons. The Morgan fingerprint density at radius 2 is 1.66 bits per heavy atom. The number of rotatable bonds is 6. The van der Waals surface area contributed by atoms with Crippen molar-refractivity contribution in [1.82, 2.24) is 0 Å². The summed E-state index contributed by atoms with van der Waals surface area (Å²) >= 11 is 0. The van der Waals surface area contributed by atoms with Crippen molar-refractivity contribution < 1.29 is 31.1 Å². The van der Waals surface area contributed by atoms with E-state index in [9.17, 15) is 26.4 Å². The zero-order valence-corrected chi connectivity index (χ0v) is 17.1. The number of benzene rings is 2. The molecule has 0 bridgehead atoms. The molecule has 10 heteroatoms. The number of carbonyl (C=O) groups excluding carboxylic acids is 1. The van der Waals surface area contributed by atoms with Crippen molar-refractivity contribution in [3.63, 3.8) is 0 Å². The summed E-state index contributed by atoms with van der Waals surface area (Å²) in [6, 6.07) is 8.49. The van der Waals surface area contributed by atoms with Crippen LogP contribution >= 0.6 is 0 Å². The number of sulfonamides is 1. The summed E-state index contributed by atoms with van der Waals surface area (Å²) in [6.07, 6.45) is -3.82. The average Bonchev–Trinajstić information content (AvgIpc) is 2.57. The number of carbonyl (C=O) groups is 1. The largest absolute Gasteiger partial charge is 0.573 e. The lowest BCUT2D eigenvalue weighted by molar-refractivity contribution is -0.274. The molecule has 1 unspecified atom stereocenters. The molecule has 1 amide bonds. The molecule has 2 aromatic rings. The molecule has 6 nitrogen and oxygen atoms in total. The van der Waals surface area contributed by atoms with Crippen LogP contribution in [0.4, 0.5) is 24.5 Å². The van der Waals surface area contributed by atoms with Gasteiger partial charge in [-0.2, -0.15) is 0 Å². The highest BCUT2D eigenvalue weighted by molar-refractivity contribution is 7.92. The normalized spacial score (nSPS) is 12.9. The summed E-state index contributed by atoms with van der Waals surface area (Å²) in [5, 5.41) is 2.50. The molecule has 0 aliphatic heterocycles. The Kier molecular flexibility index (Phi) is 6.46. The topological polar surface area (TPSA) is 75.7 Å². The van der Waals surface area contributed by atoms with E-state index in [1.54, 1.807) is 18.2 Å². The Labute approximate surface area is 167 Å². The molecule has 0 aromatic heterocycles. The molecular formula is C19H21F3N2O4S. The first-order valence-corrected chi connectivity index (χ1v) is 10.4. The number of anilines is 2. The molecule has 0 aliphatic rings. The highest BCUT2D eigenvalue weighted by Crippen LogP contribution is 2.26. The number of nitrogens with one attached hydrogen (secondary N) is 1. The Hall–Kier alpha value is -2.75. The van der Waals surface area contributed by atoms with Crippen LogP contribution in [-0.2, 0) is 14.8 Å². The van der Waals surface area contributed by atoms with Crippen molar-refractivity contribution >= 4 is 27.3 Å². The number of nitrogens with zero attached hydrogens (tertiary/aromatic N) is 1. The van der Waals surface area contributed by atoms with Crippen molar-refractivity contribution in [3.05, 3.63) is 53.6 Å². The van der Waals surface area contributed by atoms with Crippen LogP contribution in [0.3, 0.4) is 0 Å². The molecule has 1 atom stereocenters. The Bertz CT molecular complexity index is 990. The van der Waals surface area contributed by atoms with Gasteiger partial charge in [0, 0.05) is 5.69 Å². The summed E-state index contributed by atoms with van der Waals surface area (Å²) < 4.78 is 66.1. The number of hydrogen-bond donors (Lipinski definition) is 1. The van der Waals surface area contributed by atoms with Gasteiger partial charge >= 0.3 is 6.36 Å². The highest BCUT2D eigenvalue weighted by Gasteiger charge is 2.31. The van der Waals surface area contributed by atoms with Gasteiger partial charge in [0.05, 0.1) is 11.9 Å². The minimum absolute atomic E-state index is 0.199. The molecule has 158 valence electrons. The van der Waals surface area contributed by atoms with E-state index in [1.165, 1.54) is 19.1 Å². The SMILES string of the molecule is Cc1ccc(N(C(C)C(=O)Nc2ccc(OC(F)(F)F)cc2)S(C)(=O)=O)cc1C. The van der Waals surface area contributed by atoms with E-state index in [1.807, 2.05) is 13.8 Å². The molecule has 0 heterocycles. The first-order chi connectivity index (χ1) is 13.3. The average molecular weight is 430 g/mol. The lowest BCUT2D eigenvalue weighted by atomic mass is 10.1. The Balaban J connectivity index is 2.22. The zero-order chi connectivity index (χ0) is 22.0. The molecule has 0 aliphatic carbocycles. The second kappa shape index (κ2) is 8.32. The number of halogens is 3. The molecule has 0 saturated carbocycles. The van der Waals surface area contributed by atoms with Crippen LogP contribution < -0.4 is 14.4 Å². The predicted octanol–water partition coefficient (Wildman–Crippen LogP) is 4.00. The Morgan fingerprint density at radius 1 is 1.07 bits per heavy atom. The standard InChI is InChI=1S/C19H21F3N2O4S/c1-12-5-8-16(11-13(12)2)24(29(4,26)27)14(3)18(25)23-15-6-9-17(10-7-15)28-19(20,21)22/h5-11,14H,1-4H3,(H,23,25). The van der Waals surface area contributed by atoms with Crippen molar-refractivity contribution in [2.45, 2.75) is 33.2 Å².